The summed E-state index contributed by atoms with van der Waals surface area (Å²) in [6.45, 7) is 3.47. The number of thiophene rings is 1. The number of aryl methyl sites for hydroxylation is 1. The Labute approximate surface area is 232 Å². The lowest BCUT2D eigenvalue weighted by Crippen LogP contribution is -2.62. The van der Waals surface area contributed by atoms with Gasteiger partial charge in [-0.05, 0) is 71.6 Å². The van der Waals surface area contributed by atoms with Gasteiger partial charge in [0.1, 0.15) is 6.04 Å². The summed E-state index contributed by atoms with van der Waals surface area (Å²) in [6, 6.07) is 22.0. The molecule has 0 bridgehead atoms. The Morgan fingerprint density at radius 3 is 2.46 bits per heavy atom. The zero-order valence-corrected chi connectivity index (χ0v) is 22.9. The number of fused-ring (bicyclic) bond motifs is 2. The van der Waals surface area contributed by atoms with E-state index in [0.29, 0.717) is 38.8 Å². The van der Waals surface area contributed by atoms with Gasteiger partial charge in [0, 0.05) is 11.1 Å². The van der Waals surface area contributed by atoms with Crippen LogP contribution in [0.25, 0.3) is 20.9 Å². The number of piperidine rings is 1. The molecule has 1 atom stereocenters. The molecule has 204 valence electrons. The number of nitrogens with two attached hydrogens (primary N) is 1. The van der Waals surface area contributed by atoms with Crippen LogP contribution in [0.4, 0.5) is 0 Å². The van der Waals surface area contributed by atoms with Crippen molar-refractivity contribution in [2.75, 3.05) is 19.8 Å². The van der Waals surface area contributed by atoms with Gasteiger partial charge in [-0.3, -0.25) is 14.4 Å². The number of hydrogen-bond donors (Lipinski definition) is 5. The van der Waals surface area contributed by atoms with Gasteiger partial charge < -0.3 is 27.0 Å². The van der Waals surface area contributed by atoms with E-state index in [4.69, 9.17) is 5.73 Å². The van der Waals surface area contributed by atoms with Gasteiger partial charge in [0.05, 0.1) is 12.2 Å². The summed E-state index contributed by atoms with van der Waals surface area (Å²) in [7, 11) is 0. The highest BCUT2D eigenvalue weighted by Gasteiger charge is 2.37. The summed E-state index contributed by atoms with van der Waals surface area (Å²) >= 11 is 1.60. The number of carbonyl (C=O) groups excluding carboxylic acids is 3. The fraction of sp³-hybridized carbons (Fsp3) is 0.300. The third kappa shape index (κ3) is 7.20. The lowest BCUT2D eigenvalue weighted by atomic mass is 9.88. The van der Waals surface area contributed by atoms with Crippen LogP contribution in [0.1, 0.15) is 24.0 Å². The molecule has 39 heavy (non-hydrogen) atoms. The second-order valence-corrected chi connectivity index (χ2v) is 10.6. The highest BCUT2D eigenvalue weighted by atomic mass is 32.1. The van der Waals surface area contributed by atoms with E-state index in [9.17, 15) is 14.4 Å². The number of hydrogen-bond acceptors (Lipinski definition) is 6. The molecule has 0 aliphatic carbocycles. The third-order valence-corrected chi connectivity index (χ3v) is 8.02. The Hall–Kier alpha value is -3.79. The molecular weight excluding hydrogens is 510 g/mol. The zero-order valence-electron chi connectivity index (χ0n) is 22.0. The maximum Gasteiger partial charge on any atom is 0.244 e. The predicted molar refractivity (Wildman–Crippen MR) is 157 cm³/mol. The fourth-order valence-corrected chi connectivity index (χ4v) is 5.69. The van der Waals surface area contributed by atoms with Gasteiger partial charge in [0.15, 0.2) is 0 Å². The van der Waals surface area contributed by atoms with Crippen molar-refractivity contribution in [1.29, 1.82) is 0 Å². The normalized spacial score (nSPS) is 15.0. The van der Waals surface area contributed by atoms with Crippen LogP contribution < -0.4 is 27.0 Å². The van der Waals surface area contributed by atoms with Crippen molar-refractivity contribution in [1.82, 2.24) is 21.3 Å². The summed E-state index contributed by atoms with van der Waals surface area (Å²) in [5.74, 6) is -0.687. The molecule has 1 aromatic heterocycles. The van der Waals surface area contributed by atoms with Crippen LogP contribution in [-0.2, 0) is 20.8 Å². The van der Waals surface area contributed by atoms with Crippen molar-refractivity contribution in [2.24, 2.45) is 5.73 Å². The van der Waals surface area contributed by atoms with Crippen LogP contribution in [0.15, 0.2) is 72.1 Å². The quantitative estimate of drug-likeness (QED) is 0.132. The Balaban J connectivity index is 0.000000265. The van der Waals surface area contributed by atoms with Gasteiger partial charge in [-0.2, -0.15) is 0 Å². The second-order valence-electron chi connectivity index (χ2n) is 9.73. The number of nitrogens with one attached hydrogen (secondary N) is 4. The average Bonchev–Trinajstić information content (AvgIpc) is 3.36. The van der Waals surface area contributed by atoms with E-state index in [1.807, 2.05) is 29.6 Å². The second kappa shape index (κ2) is 13.3. The molecule has 1 fully saturated rings. The molecule has 8 nitrogen and oxygen atoms in total. The van der Waals surface area contributed by atoms with Gasteiger partial charge in [-0.25, -0.2) is 0 Å². The van der Waals surface area contributed by atoms with E-state index in [-0.39, 0.29) is 18.5 Å². The Morgan fingerprint density at radius 1 is 1.03 bits per heavy atom. The molecule has 1 aliphatic rings. The molecule has 1 aliphatic heterocycles. The monoisotopic (exact) mass is 545 g/mol. The van der Waals surface area contributed by atoms with Crippen molar-refractivity contribution in [3.8, 4) is 0 Å². The zero-order chi connectivity index (χ0) is 27.7. The first-order chi connectivity index (χ1) is 18.9. The maximum absolute atomic E-state index is 12.8. The molecule has 6 N–H and O–H groups in total. The lowest BCUT2D eigenvalue weighted by molar-refractivity contribution is -0.132. The van der Waals surface area contributed by atoms with Gasteiger partial charge in [0.25, 0.3) is 0 Å². The van der Waals surface area contributed by atoms with E-state index in [1.165, 1.54) is 16.3 Å². The number of rotatable bonds is 8. The highest BCUT2D eigenvalue weighted by Crippen LogP contribution is 2.27. The molecule has 3 amide bonds. The molecule has 4 aromatic rings. The van der Waals surface area contributed by atoms with Gasteiger partial charge in [-0.15, -0.1) is 11.3 Å². The molecule has 1 saturated heterocycles. The summed E-state index contributed by atoms with van der Waals surface area (Å²) in [5.41, 5.74) is 7.65. The molecule has 9 heteroatoms. The highest BCUT2D eigenvalue weighted by molar-refractivity contribution is 7.17. The topological polar surface area (TPSA) is 125 Å². The number of benzene rings is 3. The average molecular weight is 546 g/mol. The summed E-state index contributed by atoms with van der Waals surface area (Å²) in [5, 5.41) is 16.8. The molecule has 5 rings (SSSR count). The molecular formula is C30H35N5O3S. The van der Waals surface area contributed by atoms with E-state index in [1.54, 1.807) is 11.3 Å². The van der Waals surface area contributed by atoms with Crippen molar-refractivity contribution in [3.63, 3.8) is 0 Å². The minimum atomic E-state index is -0.985. The standard InChI is InChI=1S/C19H25N5O3S.C11H10/c20-19(5-7-21-8-6-19)18(27)24-15(17(26)23-11-22-12-25)9-13-10-28-16-4-2-1-3-14(13)16;1-9-5-4-7-10-6-2-3-8-11(9)10/h1-4,10,12,15,21H,5-9,11,20H2,(H,22,25)(H,23,26)(H,24,27);2-8H,1H3. The van der Waals surface area contributed by atoms with Gasteiger partial charge in [0.2, 0.25) is 18.2 Å². The first-order valence-corrected chi connectivity index (χ1v) is 13.9. The predicted octanol–water partition coefficient (Wildman–Crippen LogP) is 2.98. The summed E-state index contributed by atoms with van der Waals surface area (Å²) in [6.07, 6.45) is 1.88. The van der Waals surface area contributed by atoms with Crippen molar-refractivity contribution < 1.29 is 14.4 Å². The molecule has 0 spiro atoms. The largest absolute Gasteiger partial charge is 0.342 e. The van der Waals surface area contributed by atoms with Crippen LogP contribution in [0, 0.1) is 6.92 Å². The van der Waals surface area contributed by atoms with Crippen molar-refractivity contribution in [3.05, 3.63) is 83.2 Å². The van der Waals surface area contributed by atoms with Gasteiger partial charge in [-0.1, -0.05) is 60.7 Å². The van der Waals surface area contributed by atoms with E-state index < -0.39 is 11.6 Å². The van der Waals surface area contributed by atoms with E-state index >= 15 is 0 Å². The Bertz CT molecular complexity index is 1430. The fourth-order valence-electron chi connectivity index (χ4n) is 4.71. The first kappa shape index (κ1) is 28.2. The third-order valence-electron chi connectivity index (χ3n) is 7.01. The van der Waals surface area contributed by atoms with Crippen LogP contribution in [0.3, 0.4) is 0 Å². The summed E-state index contributed by atoms with van der Waals surface area (Å²) in [4.78, 5) is 35.9. The lowest BCUT2D eigenvalue weighted by Gasteiger charge is -2.33. The van der Waals surface area contributed by atoms with Crippen LogP contribution in [0.5, 0.6) is 0 Å². The molecule has 0 saturated carbocycles. The van der Waals surface area contributed by atoms with E-state index in [2.05, 4.69) is 70.7 Å². The minimum Gasteiger partial charge on any atom is -0.342 e. The molecule has 0 radical (unpaired) electrons. The number of carbonyl (C=O) groups is 3. The summed E-state index contributed by atoms with van der Waals surface area (Å²) < 4.78 is 1.12. The van der Waals surface area contributed by atoms with E-state index in [0.717, 1.165) is 15.6 Å². The molecule has 2 heterocycles. The molecule has 3 aromatic carbocycles. The first-order valence-electron chi connectivity index (χ1n) is 13.1. The van der Waals surface area contributed by atoms with Crippen LogP contribution >= 0.6 is 11.3 Å². The minimum absolute atomic E-state index is 0.00320. The maximum atomic E-state index is 12.8. The Kier molecular flexibility index (Phi) is 9.64. The molecule has 1 unspecified atom stereocenters. The van der Waals surface area contributed by atoms with Crippen molar-refractivity contribution in [2.45, 2.75) is 37.8 Å². The Morgan fingerprint density at radius 2 is 1.72 bits per heavy atom. The van der Waals surface area contributed by atoms with Crippen LogP contribution in [-0.4, -0.2) is 49.6 Å². The number of amides is 3. The van der Waals surface area contributed by atoms with Crippen LogP contribution in [0.2, 0.25) is 0 Å². The van der Waals surface area contributed by atoms with Crippen molar-refractivity contribution >= 4 is 50.4 Å². The smallest absolute Gasteiger partial charge is 0.244 e. The van der Waals surface area contributed by atoms with Gasteiger partial charge >= 0.3 is 0 Å². The SMILES string of the molecule is Cc1cccc2ccccc12.NC1(C(=O)NC(Cc2csc3ccccc23)C(=O)NCNC=O)CCNCC1.